The Morgan fingerprint density at radius 3 is 1.87 bits per heavy atom. The first-order valence-corrected chi connectivity index (χ1v) is 14.2. The molecular formula is C23H40B2N6O7. The zero-order valence-electron chi connectivity index (χ0n) is 21.8. The zero-order chi connectivity index (χ0) is 27.0. The molecule has 0 aliphatic carbocycles. The summed E-state index contributed by atoms with van der Waals surface area (Å²) in [5, 5.41) is 52.0. The third-order valence-electron chi connectivity index (χ3n) is 9.10. The molecule has 7 N–H and O–H groups in total. The van der Waals surface area contributed by atoms with Gasteiger partial charge in [-0.25, -0.2) is 0 Å². The van der Waals surface area contributed by atoms with E-state index in [1.54, 1.807) is 0 Å². The fourth-order valence-electron chi connectivity index (χ4n) is 7.26. The number of carbonyl (C=O) groups is 3. The van der Waals surface area contributed by atoms with Gasteiger partial charge in [0.2, 0.25) is 17.7 Å². The molecule has 0 saturated carbocycles. The summed E-state index contributed by atoms with van der Waals surface area (Å²) in [5.41, 5.74) is -1.79. The molecule has 0 radical (unpaired) electrons. The minimum Gasteiger partial charge on any atom is -0.426 e. The molecule has 5 saturated heterocycles. The maximum absolute atomic E-state index is 14.3. The van der Waals surface area contributed by atoms with Crippen LogP contribution < -0.4 is 16.0 Å². The third-order valence-corrected chi connectivity index (χ3v) is 9.10. The van der Waals surface area contributed by atoms with Crippen LogP contribution in [0, 0.1) is 0 Å². The van der Waals surface area contributed by atoms with Gasteiger partial charge in [0.15, 0.2) is 5.56 Å². The molecule has 0 aromatic heterocycles. The minimum absolute atomic E-state index is 0.133. The molecule has 13 nitrogen and oxygen atoms in total. The van der Waals surface area contributed by atoms with E-state index < -0.39 is 55.9 Å². The van der Waals surface area contributed by atoms with E-state index in [0.29, 0.717) is 45.3 Å². The van der Waals surface area contributed by atoms with Crippen LogP contribution in [-0.4, -0.2) is 129 Å². The van der Waals surface area contributed by atoms with Gasteiger partial charge in [-0.3, -0.25) is 19.3 Å². The Hall–Kier alpha value is -1.74. The second-order valence-electron chi connectivity index (χ2n) is 11.3. The largest absolute Gasteiger partial charge is 0.501 e. The van der Waals surface area contributed by atoms with Crippen LogP contribution in [0.3, 0.4) is 0 Å². The summed E-state index contributed by atoms with van der Waals surface area (Å²) in [4.78, 5) is 46.0. The molecule has 210 valence electrons. The Kier molecular flexibility index (Phi) is 8.34. The summed E-state index contributed by atoms with van der Waals surface area (Å²) in [6, 6.07) is -1.62. The number of hydrogen-bond acceptors (Lipinski definition) is 10. The lowest BCUT2D eigenvalue weighted by Crippen LogP contribution is -2.76. The molecule has 5 heterocycles. The van der Waals surface area contributed by atoms with E-state index in [2.05, 4.69) is 16.0 Å². The number of hydrogen-bond donors (Lipinski definition) is 7. The maximum Gasteiger partial charge on any atom is 0.501 e. The summed E-state index contributed by atoms with van der Waals surface area (Å²) in [5.74, 6) is -2.02. The monoisotopic (exact) mass is 534 g/mol. The predicted molar refractivity (Wildman–Crippen MR) is 138 cm³/mol. The van der Waals surface area contributed by atoms with Gasteiger partial charge in [-0.1, -0.05) is 0 Å². The summed E-state index contributed by atoms with van der Waals surface area (Å²) < 4.78 is 0. The van der Waals surface area contributed by atoms with Gasteiger partial charge < -0.3 is 45.8 Å². The molecule has 5 rings (SSSR count). The fraction of sp³-hybridized carbons (Fsp3) is 0.870. The van der Waals surface area contributed by atoms with E-state index >= 15 is 0 Å². The van der Waals surface area contributed by atoms with Gasteiger partial charge in [-0.15, -0.1) is 0 Å². The Balaban J connectivity index is 1.58. The molecule has 5 fully saturated rings. The van der Waals surface area contributed by atoms with Crippen molar-refractivity contribution in [3.05, 3.63) is 0 Å². The number of nitrogens with zero attached hydrogens (tertiary/aromatic N) is 3. The Morgan fingerprint density at radius 1 is 0.763 bits per heavy atom. The maximum atomic E-state index is 14.3. The van der Waals surface area contributed by atoms with E-state index in [1.165, 1.54) is 14.7 Å². The topological polar surface area (TPSA) is 178 Å². The highest BCUT2D eigenvalue weighted by molar-refractivity contribution is 6.46. The average Bonchev–Trinajstić information content (AvgIpc) is 3.74. The van der Waals surface area contributed by atoms with Crippen LogP contribution in [0.4, 0.5) is 0 Å². The van der Waals surface area contributed by atoms with Crippen molar-refractivity contribution >= 4 is 32.0 Å². The van der Waals surface area contributed by atoms with E-state index in [9.17, 15) is 34.5 Å². The molecule has 3 amide bonds. The van der Waals surface area contributed by atoms with Crippen LogP contribution in [0.15, 0.2) is 0 Å². The Bertz CT molecular complexity index is 897. The summed E-state index contributed by atoms with van der Waals surface area (Å²) >= 11 is 0. The van der Waals surface area contributed by atoms with Crippen molar-refractivity contribution in [2.45, 2.75) is 100 Å². The van der Waals surface area contributed by atoms with Gasteiger partial charge in [0.05, 0.1) is 24.1 Å². The van der Waals surface area contributed by atoms with Gasteiger partial charge in [0, 0.05) is 6.54 Å². The zero-order valence-corrected chi connectivity index (χ0v) is 21.8. The average molecular weight is 534 g/mol. The third kappa shape index (κ3) is 4.76. The van der Waals surface area contributed by atoms with E-state index in [0.717, 1.165) is 19.3 Å². The normalized spacial score (nSPS) is 35.2. The predicted octanol–water partition coefficient (Wildman–Crippen LogP) is -3.27. The molecule has 38 heavy (non-hydrogen) atoms. The molecule has 1 unspecified atom stereocenters. The molecular weight excluding hydrogens is 494 g/mol. The highest BCUT2D eigenvalue weighted by Crippen LogP contribution is 2.42. The number of amides is 3. The van der Waals surface area contributed by atoms with Crippen molar-refractivity contribution in [3.63, 3.8) is 0 Å². The first-order chi connectivity index (χ1) is 18.3. The van der Waals surface area contributed by atoms with Crippen LogP contribution in [0.25, 0.3) is 0 Å². The van der Waals surface area contributed by atoms with Crippen LogP contribution in [-0.2, 0) is 14.4 Å². The lowest BCUT2D eigenvalue weighted by Gasteiger charge is -2.52. The second-order valence-corrected chi connectivity index (χ2v) is 11.3. The van der Waals surface area contributed by atoms with Crippen molar-refractivity contribution in [1.82, 2.24) is 30.7 Å². The molecule has 5 aliphatic rings. The first kappa shape index (κ1) is 27.8. The Labute approximate surface area is 223 Å². The van der Waals surface area contributed by atoms with E-state index in [-0.39, 0.29) is 37.6 Å². The lowest BCUT2D eigenvalue weighted by molar-refractivity contribution is -0.164. The van der Waals surface area contributed by atoms with Gasteiger partial charge >= 0.3 is 14.2 Å². The van der Waals surface area contributed by atoms with Crippen molar-refractivity contribution in [2.75, 3.05) is 26.2 Å². The lowest BCUT2D eigenvalue weighted by atomic mass is 9.68. The number of carbonyl (C=O) groups excluding carboxylic acids is 3. The van der Waals surface area contributed by atoms with Crippen molar-refractivity contribution < 1.29 is 34.5 Å². The quantitative estimate of drug-likeness (QED) is 0.164. The highest BCUT2D eigenvalue weighted by atomic mass is 16.4. The summed E-state index contributed by atoms with van der Waals surface area (Å²) in [6.07, 6.45) is 4.18. The molecule has 15 heteroatoms. The van der Waals surface area contributed by atoms with Crippen molar-refractivity contribution in [3.8, 4) is 0 Å². The van der Waals surface area contributed by atoms with Crippen LogP contribution in [0.1, 0.15) is 64.2 Å². The van der Waals surface area contributed by atoms with Crippen LogP contribution in [0.2, 0.25) is 0 Å². The number of nitrogens with one attached hydrogen (secondary N) is 3. The van der Waals surface area contributed by atoms with Gasteiger partial charge in [0.25, 0.3) is 0 Å². The van der Waals surface area contributed by atoms with Crippen molar-refractivity contribution in [2.24, 2.45) is 0 Å². The molecule has 0 aromatic carbocycles. The SMILES string of the molecule is O=C([C@@H]1CCCN1)N1C(N(C(=O)[C@H]2CCCN2)[C@]2(B(O)O)CCCN2C(=O)[C@@H]2CCCN2)CC[C@H]1B(O)O. The second kappa shape index (κ2) is 11.4. The van der Waals surface area contributed by atoms with Crippen LogP contribution >= 0.6 is 0 Å². The molecule has 5 aliphatic heterocycles. The molecule has 0 bridgehead atoms. The van der Waals surface area contributed by atoms with Gasteiger partial charge in [-0.05, 0) is 83.8 Å². The first-order valence-electron chi connectivity index (χ1n) is 14.2. The van der Waals surface area contributed by atoms with E-state index in [4.69, 9.17) is 0 Å². The molecule has 0 spiro atoms. The van der Waals surface area contributed by atoms with Crippen molar-refractivity contribution in [1.29, 1.82) is 0 Å². The molecule has 0 aromatic rings. The molecule has 6 atom stereocenters. The summed E-state index contributed by atoms with van der Waals surface area (Å²) in [7, 11) is -3.91. The van der Waals surface area contributed by atoms with Crippen LogP contribution in [0.5, 0.6) is 0 Å². The van der Waals surface area contributed by atoms with E-state index in [1.807, 2.05) is 0 Å². The van der Waals surface area contributed by atoms with Gasteiger partial charge in [0.1, 0.15) is 6.17 Å². The minimum atomic E-state index is -2.08. The summed E-state index contributed by atoms with van der Waals surface area (Å²) in [6.45, 7) is 2.22. The number of rotatable bonds is 7. The Morgan fingerprint density at radius 2 is 1.34 bits per heavy atom. The standard InChI is InChI=1S/C23H40B2N6O7/c32-20(15-5-1-11-26-15)29-14-4-10-23(29,25(37)38)31(22(34)17-7-3-13-28-17)19-9-8-18(24(35)36)30(19)21(33)16-6-2-12-27-16/h15-19,26-28,35-38H,1-14H2/t15-,16-,17+,18-,19?,23-/m0/s1. The highest BCUT2D eigenvalue weighted by Gasteiger charge is 2.63. The van der Waals surface area contributed by atoms with Gasteiger partial charge in [-0.2, -0.15) is 0 Å². The smallest absolute Gasteiger partial charge is 0.426 e. The number of likely N-dealkylation sites (tertiary alicyclic amines) is 2. The fourth-order valence-corrected chi connectivity index (χ4v) is 7.26.